The minimum absolute atomic E-state index is 0.0717. The SMILES string of the molecule is CCC(=CC(=O)c1cccc2c1OCC2)CC. The van der Waals surface area contributed by atoms with Gasteiger partial charge in [-0.1, -0.05) is 31.6 Å². The van der Waals surface area contributed by atoms with Crippen LogP contribution in [0.15, 0.2) is 29.8 Å². The van der Waals surface area contributed by atoms with Crippen molar-refractivity contribution in [2.24, 2.45) is 0 Å². The number of rotatable bonds is 4. The molecule has 0 aromatic heterocycles. The molecule has 2 heteroatoms. The third-order valence-corrected chi connectivity index (χ3v) is 3.22. The summed E-state index contributed by atoms with van der Waals surface area (Å²) in [5.41, 5.74) is 3.05. The Hall–Kier alpha value is -1.57. The van der Waals surface area contributed by atoms with Crippen LogP contribution in [0.3, 0.4) is 0 Å². The zero-order chi connectivity index (χ0) is 12.3. The van der Waals surface area contributed by atoms with Crippen LogP contribution in [-0.2, 0) is 6.42 Å². The van der Waals surface area contributed by atoms with Crippen LogP contribution >= 0.6 is 0 Å². The Labute approximate surface area is 102 Å². The van der Waals surface area contributed by atoms with Crippen LogP contribution in [0, 0.1) is 0 Å². The molecule has 0 fully saturated rings. The summed E-state index contributed by atoms with van der Waals surface area (Å²) < 4.78 is 5.55. The van der Waals surface area contributed by atoms with Crippen LogP contribution in [0.4, 0.5) is 0 Å². The van der Waals surface area contributed by atoms with Crippen molar-refractivity contribution in [1.82, 2.24) is 0 Å². The van der Waals surface area contributed by atoms with Gasteiger partial charge in [0.1, 0.15) is 5.75 Å². The van der Waals surface area contributed by atoms with Crippen LogP contribution < -0.4 is 4.74 Å². The van der Waals surface area contributed by atoms with Crippen molar-refractivity contribution >= 4 is 5.78 Å². The Morgan fingerprint density at radius 2 is 2.12 bits per heavy atom. The van der Waals surface area contributed by atoms with E-state index in [0.717, 1.165) is 30.6 Å². The van der Waals surface area contributed by atoms with Crippen LogP contribution in [0.1, 0.15) is 42.6 Å². The van der Waals surface area contributed by atoms with Crippen molar-refractivity contribution in [3.05, 3.63) is 41.0 Å². The fraction of sp³-hybridized carbons (Fsp3) is 0.400. The topological polar surface area (TPSA) is 26.3 Å². The fourth-order valence-electron chi connectivity index (χ4n) is 2.13. The lowest BCUT2D eigenvalue weighted by Gasteiger charge is -2.05. The molecular formula is C15H18O2. The van der Waals surface area contributed by atoms with Crippen molar-refractivity contribution in [3.8, 4) is 5.75 Å². The predicted molar refractivity (Wildman–Crippen MR) is 68.6 cm³/mol. The minimum atomic E-state index is 0.0717. The Kier molecular flexibility index (Phi) is 3.62. The van der Waals surface area contributed by atoms with E-state index in [1.807, 2.05) is 18.2 Å². The van der Waals surface area contributed by atoms with Gasteiger partial charge in [-0.15, -0.1) is 0 Å². The quantitative estimate of drug-likeness (QED) is 0.584. The summed E-state index contributed by atoms with van der Waals surface area (Å²) in [6.07, 6.45) is 4.53. The van der Waals surface area contributed by atoms with E-state index in [1.165, 1.54) is 5.57 Å². The Morgan fingerprint density at radius 1 is 1.35 bits per heavy atom. The maximum Gasteiger partial charge on any atom is 0.189 e. The highest BCUT2D eigenvalue weighted by Crippen LogP contribution is 2.30. The predicted octanol–water partition coefficient (Wildman–Crippen LogP) is 3.55. The summed E-state index contributed by atoms with van der Waals surface area (Å²) in [4.78, 5) is 12.2. The number of hydrogen-bond donors (Lipinski definition) is 0. The molecule has 17 heavy (non-hydrogen) atoms. The van der Waals surface area contributed by atoms with Gasteiger partial charge in [0.2, 0.25) is 0 Å². The molecule has 1 aromatic rings. The third kappa shape index (κ3) is 2.41. The molecule has 0 N–H and O–H groups in total. The molecule has 90 valence electrons. The number of para-hydroxylation sites is 1. The molecule has 1 aliphatic heterocycles. The molecule has 0 atom stereocenters. The number of hydrogen-bond acceptors (Lipinski definition) is 2. The number of ether oxygens (including phenoxy) is 1. The van der Waals surface area contributed by atoms with E-state index < -0.39 is 0 Å². The zero-order valence-corrected chi connectivity index (χ0v) is 10.5. The van der Waals surface area contributed by atoms with Crippen molar-refractivity contribution in [2.45, 2.75) is 33.1 Å². The highest BCUT2D eigenvalue weighted by Gasteiger charge is 2.19. The molecule has 0 unspecified atom stereocenters. The number of carbonyl (C=O) groups excluding carboxylic acids is 1. The van der Waals surface area contributed by atoms with E-state index >= 15 is 0 Å². The average molecular weight is 230 g/mol. The molecule has 0 saturated carbocycles. The first-order valence-electron chi connectivity index (χ1n) is 6.24. The lowest BCUT2D eigenvalue weighted by molar-refractivity contribution is 0.104. The van der Waals surface area contributed by atoms with Gasteiger partial charge < -0.3 is 4.74 Å². The van der Waals surface area contributed by atoms with Crippen LogP contribution in [0.25, 0.3) is 0 Å². The summed E-state index contributed by atoms with van der Waals surface area (Å²) >= 11 is 0. The molecular weight excluding hydrogens is 212 g/mol. The van der Waals surface area contributed by atoms with Crippen molar-refractivity contribution < 1.29 is 9.53 Å². The maximum absolute atomic E-state index is 12.2. The molecule has 2 nitrogen and oxygen atoms in total. The molecule has 0 bridgehead atoms. The molecule has 0 spiro atoms. The normalized spacial score (nSPS) is 12.8. The second-order valence-electron chi connectivity index (χ2n) is 4.27. The Balaban J connectivity index is 2.32. The van der Waals surface area contributed by atoms with E-state index in [2.05, 4.69) is 13.8 Å². The van der Waals surface area contributed by atoms with Crippen molar-refractivity contribution in [3.63, 3.8) is 0 Å². The lowest BCUT2D eigenvalue weighted by Crippen LogP contribution is -2.00. The molecule has 0 radical (unpaired) electrons. The molecule has 0 amide bonds. The largest absolute Gasteiger partial charge is 0.492 e. The molecule has 1 aromatic carbocycles. The fourth-order valence-corrected chi connectivity index (χ4v) is 2.13. The number of carbonyl (C=O) groups is 1. The summed E-state index contributed by atoms with van der Waals surface area (Å²) in [7, 11) is 0. The average Bonchev–Trinajstić information content (AvgIpc) is 2.83. The number of fused-ring (bicyclic) bond motifs is 1. The van der Waals surface area contributed by atoms with E-state index in [-0.39, 0.29) is 5.78 Å². The smallest absolute Gasteiger partial charge is 0.189 e. The zero-order valence-electron chi connectivity index (χ0n) is 10.5. The van der Waals surface area contributed by atoms with Gasteiger partial charge in [0, 0.05) is 6.42 Å². The van der Waals surface area contributed by atoms with Crippen molar-refractivity contribution in [2.75, 3.05) is 6.61 Å². The van der Waals surface area contributed by atoms with Crippen LogP contribution in [-0.4, -0.2) is 12.4 Å². The first-order valence-corrected chi connectivity index (χ1v) is 6.24. The van der Waals surface area contributed by atoms with Gasteiger partial charge in [-0.2, -0.15) is 0 Å². The minimum Gasteiger partial charge on any atom is -0.492 e. The van der Waals surface area contributed by atoms with Crippen LogP contribution in [0.5, 0.6) is 5.75 Å². The number of benzene rings is 1. The summed E-state index contributed by atoms with van der Waals surface area (Å²) in [5.74, 6) is 0.864. The Morgan fingerprint density at radius 3 is 2.82 bits per heavy atom. The number of ketones is 1. The summed E-state index contributed by atoms with van der Waals surface area (Å²) in [6.45, 7) is 4.85. The monoisotopic (exact) mass is 230 g/mol. The molecule has 2 rings (SSSR count). The van der Waals surface area contributed by atoms with E-state index in [0.29, 0.717) is 12.2 Å². The van der Waals surface area contributed by atoms with Gasteiger partial charge in [0.05, 0.1) is 12.2 Å². The van der Waals surface area contributed by atoms with E-state index in [4.69, 9.17) is 4.74 Å². The second kappa shape index (κ2) is 5.17. The first kappa shape index (κ1) is 11.9. The van der Waals surface area contributed by atoms with Crippen LogP contribution in [0.2, 0.25) is 0 Å². The molecule has 1 heterocycles. The van der Waals surface area contributed by atoms with Gasteiger partial charge >= 0.3 is 0 Å². The van der Waals surface area contributed by atoms with Gasteiger partial charge in [0.25, 0.3) is 0 Å². The third-order valence-electron chi connectivity index (χ3n) is 3.22. The molecule has 0 saturated heterocycles. The standard InChI is InChI=1S/C15H18O2/c1-3-11(4-2)10-14(16)13-7-5-6-12-8-9-17-15(12)13/h5-7,10H,3-4,8-9H2,1-2H3. The van der Waals surface area contributed by atoms with Gasteiger partial charge in [0.15, 0.2) is 5.78 Å². The molecule has 0 aliphatic carbocycles. The van der Waals surface area contributed by atoms with Gasteiger partial charge in [-0.3, -0.25) is 4.79 Å². The second-order valence-corrected chi connectivity index (χ2v) is 4.27. The number of allylic oxidation sites excluding steroid dienone is 2. The summed E-state index contributed by atoms with van der Waals surface area (Å²) in [6, 6.07) is 5.82. The summed E-state index contributed by atoms with van der Waals surface area (Å²) in [5, 5.41) is 0. The van der Waals surface area contributed by atoms with Gasteiger partial charge in [-0.25, -0.2) is 0 Å². The van der Waals surface area contributed by atoms with E-state index in [1.54, 1.807) is 6.08 Å². The highest BCUT2D eigenvalue weighted by atomic mass is 16.5. The maximum atomic E-state index is 12.2. The lowest BCUT2D eigenvalue weighted by atomic mass is 10.0. The van der Waals surface area contributed by atoms with Gasteiger partial charge in [-0.05, 0) is 30.5 Å². The molecule has 1 aliphatic rings. The highest BCUT2D eigenvalue weighted by molar-refractivity contribution is 6.07. The Bertz CT molecular complexity index is 452. The van der Waals surface area contributed by atoms with Crippen molar-refractivity contribution in [1.29, 1.82) is 0 Å². The first-order chi connectivity index (χ1) is 8.26. The van der Waals surface area contributed by atoms with E-state index in [9.17, 15) is 4.79 Å².